The zero-order valence-corrected chi connectivity index (χ0v) is 23.4. The van der Waals surface area contributed by atoms with Gasteiger partial charge in [-0.2, -0.15) is 14.9 Å². The van der Waals surface area contributed by atoms with E-state index in [0.29, 0.717) is 48.3 Å². The van der Waals surface area contributed by atoms with E-state index in [1.54, 1.807) is 17.3 Å². The molecule has 4 aromatic heterocycles. The molecule has 214 valence electrons. The van der Waals surface area contributed by atoms with E-state index in [4.69, 9.17) is 4.98 Å². The lowest BCUT2D eigenvalue weighted by atomic mass is 10.00. The molecule has 0 radical (unpaired) electrons. The Hall–Kier alpha value is -4.99. The molecule has 0 saturated carbocycles. The van der Waals surface area contributed by atoms with Crippen LogP contribution in [0.2, 0.25) is 0 Å². The van der Waals surface area contributed by atoms with Gasteiger partial charge in [0, 0.05) is 25.8 Å². The van der Waals surface area contributed by atoms with E-state index in [1.165, 1.54) is 21.4 Å². The minimum atomic E-state index is -0.647. The van der Waals surface area contributed by atoms with Crippen LogP contribution in [0.3, 0.4) is 0 Å². The summed E-state index contributed by atoms with van der Waals surface area (Å²) in [4.78, 5) is 43.8. The lowest BCUT2D eigenvalue weighted by molar-refractivity contribution is -0.128. The van der Waals surface area contributed by atoms with Crippen molar-refractivity contribution in [1.29, 1.82) is 5.26 Å². The number of aromatic nitrogens is 7. The van der Waals surface area contributed by atoms with Crippen LogP contribution in [0.4, 0.5) is 10.2 Å². The first-order valence-corrected chi connectivity index (χ1v) is 13.9. The second kappa shape index (κ2) is 10.8. The predicted molar refractivity (Wildman–Crippen MR) is 152 cm³/mol. The molecule has 1 amide bonds. The molecule has 4 aromatic rings. The molecular formula is C29H29FN10O2. The van der Waals surface area contributed by atoms with Gasteiger partial charge in [-0.1, -0.05) is 25.6 Å². The Balaban J connectivity index is 1.63. The monoisotopic (exact) mass is 568 g/mol. The molecule has 0 aliphatic carbocycles. The van der Waals surface area contributed by atoms with Crippen LogP contribution in [0.15, 0.2) is 42.0 Å². The number of hydrogen-bond donors (Lipinski definition) is 0. The first-order chi connectivity index (χ1) is 20.3. The number of rotatable bonds is 4. The Kier molecular flexibility index (Phi) is 6.97. The molecule has 6 heterocycles. The quantitative estimate of drug-likeness (QED) is 0.340. The van der Waals surface area contributed by atoms with Gasteiger partial charge in [0.25, 0.3) is 0 Å². The van der Waals surface area contributed by atoms with E-state index in [1.807, 2.05) is 24.8 Å². The van der Waals surface area contributed by atoms with Gasteiger partial charge in [0.05, 0.1) is 47.2 Å². The van der Waals surface area contributed by atoms with E-state index in [2.05, 4.69) is 32.9 Å². The molecule has 1 saturated heterocycles. The summed E-state index contributed by atoms with van der Waals surface area (Å²) >= 11 is 0. The van der Waals surface area contributed by atoms with Crippen LogP contribution < -0.4 is 10.6 Å². The fourth-order valence-corrected chi connectivity index (χ4v) is 5.88. The third kappa shape index (κ3) is 4.49. The molecule has 0 N–H and O–H groups in total. The van der Waals surface area contributed by atoms with E-state index in [-0.39, 0.29) is 48.6 Å². The highest BCUT2D eigenvalue weighted by atomic mass is 19.1. The summed E-state index contributed by atoms with van der Waals surface area (Å²) in [6, 6.07) is 4.89. The van der Waals surface area contributed by atoms with Crippen LogP contribution in [0, 0.1) is 17.1 Å². The molecule has 0 aromatic carbocycles. The number of hydrogen-bond acceptors (Lipinski definition) is 9. The maximum atomic E-state index is 15.9. The third-order valence-corrected chi connectivity index (χ3v) is 7.86. The van der Waals surface area contributed by atoms with Crippen molar-refractivity contribution >= 4 is 22.8 Å². The number of amides is 1. The van der Waals surface area contributed by atoms with Gasteiger partial charge in [0.2, 0.25) is 5.91 Å². The highest BCUT2D eigenvalue weighted by Gasteiger charge is 2.32. The van der Waals surface area contributed by atoms with Crippen molar-refractivity contribution in [3.63, 3.8) is 0 Å². The van der Waals surface area contributed by atoms with Crippen LogP contribution in [0.5, 0.6) is 0 Å². The maximum Gasteiger partial charge on any atom is 0.355 e. The Morgan fingerprint density at radius 1 is 1.26 bits per heavy atom. The minimum absolute atomic E-state index is 0.0199. The molecule has 1 unspecified atom stereocenters. The van der Waals surface area contributed by atoms with Crippen molar-refractivity contribution in [3.8, 4) is 17.6 Å². The van der Waals surface area contributed by atoms with Crippen LogP contribution in [-0.4, -0.2) is 71.0 Å². The number of halogens is 1. The first-order valence-electron chi connectivity index (χ1n) is 13.9. The predicted octanol–water partition coefficient (Wildman–Crippen LogP) is 2.62. The standard InChI is InChI=1S/C29H29FN10O2/c1-4-23(41)38-13-12-37(16-20(38)8-10-31)26-21-14-22(30)28-34-27(21)39(29(42)35-26)25-18(9-11-32-24(25)17(2)3)6-5-7-19-15-33-36-40(19)28/h4,9,11,14-15,17,20H,1,5-8,12-13,16H2,2-3H3. The highest BCUT2D eigenvalue weighted by Crippen LogP contribution is 2.33. The zero-order chi connectivity index (χ0) is 29.5. The second-order valence-electron chi connectivity index (χ2n) is 10.8. The molecule has 1 fully saturated rings. The maximum absolute atomic E-state index is 15.9. The van der Waals surface area contributed by atoms with Gasteiger partial charge in [-0.05, 0) is 49.0 Å². The summed E-state index contributed by atoms with van der Waals surface area (Å²) in [6.07, 6.45) is 6.55. The molecule has 42 heavy (non-hydrogen) atoms. The highest BCUT2D eigenvalue weighted by molar-refractivity contribution is 5.90. The SMILES string of the molecule is C=CC(=O)N1CCN(c2nc(=O)n3c4nc(c(F)cc24)-n2nncc2CCCc2ccnc(C(C)C)c2-3)CC1CC#N. The number of anilines is 1. The fraction of sp³-hybridized carbons (Fsp3) is 0.379. The largest absolute Gasteiger partial charge is 0.355 e. The van der Waals surface area contributed by atoms with Crippen molar-refractivity contribution in [1.82, 2.24) is 39.4 Å². The van der Waals surface area contributed by atoms with Gasteiger partial charge in [0.1, 0.15) is 5.82 Å². The van der Waals surface area contributed by atoms with Gasteiger partial charge in [-0.15, -0.1) is 5.10 Å². The summed E-state index contributed by atoms with van der Waals surface area (Å²) in [7, 11) is 0. The zero-order valence-electron chi connectivity index (χ0n) is 23.4. The number of nitrogens with zero attached hydrogens (tertiary/aromatic N) is 10. The summed E-state index contributed by atoms with van der Waals surface area (Å²) in [5, 5.41) is 17.9. The molecule has 2 bridgehead atoms. The molecule has 12 nitrogen and oxygen atoms in total. The van der Waals surface area contributed by atoms with Crippen LogP contribution in [-0.2, 0) is 17.6 Å². The Morgan fingerprint density at radius 2 is 2.10 bits per heavy atom. The summed E-state index contributed by atoms with van der Waals surface area (Å²) < 4.78 is 18.7. The summed E-state index contributed by atoms with van der Waals surface area (Å²) in [6.45, 7) is 8.40. The fourth-order valence-electron chi connectivity index (χ4n) is 5.88. The molecular weight excluding hydrogens is 539 g/mol. The molecule has 2 aliphatic rings. The van der Waals surface area contributed by atoms with Crippen molar-refractivity contribution in [3.05, 3.63) is 70.4 Å². The molecule has 1 atom stereocenters. The third-order valence-electron chi connectivity index (χ3n) is 7.86. The van der Waals surface area contributed by atoms with Crippen molar-refractivity contribution in [2.75, 3.05) is 24.5 Å². The van der Waals surface area contributed by atoms with Gasteiger partial charge < -0.3 is 9.80 Å². The van der Waals surface area contributed by atoms with Crippen LogP contribution in [0.1, 0.15) is 49.6 Å². The lowest BCUT2D eigenvalue weighted by Gasteiger charge is -2.41. The first kappa shape index (κ1) is 27.2. The average molecular weight is 569 g/mol. The number of carbonyl (C=O) groups is 1. The van der Waals surface area contributed by atoms with E-state index in [9.17, 15) is 14.9 Å². The smallest absolute Gasteiger partial charge is 0.352 e. The Bertz CT molecular complexity index is 1820. The normalized spacial score (nSPS) is 16.6. The van der Waals surface area contributed by atoms with Crippen LogP contribution >= 0.6 is 0 Å². The summed E-state index contributed by atoms with van der Waals surface area (Å²) in [5.74, 6) is -0.773. The Morgan fingerprint density at radius 3 is 2.86 bits per heavy atom. The van der Waals surface area contributed by atoms with E-state index >= 15 is 4.39 Å². The lowest BCUT2D eigenvalue weighted by Crippen LogP contribution is -2.55. The second-order valence-corrected chi connectivity index (χ2v) is 10.8. The molecule has 6 rings (SSSR count). The van der Waals surface area contributed by atoms with Crippen LogP contribution in [0.25, 0.3) is 22.5 Å². The number of nitriles is 1. The van der Waals surface area contributed by atoms with E-state index in [0.717, 1.165) is 5.56 Å². The average Bonchev–Trinajstić information content (AvgIpc) is 3.44. The number of pyridine rings is 2. The van der Waals surface area contributed by atoms with Gasteiger partial charge in [0.15, 0.2) is 17.3 Å². The van der Waals surface area contributed by atoms with E-state index < -0.39 is 17.5 Å². The Labute approximate surface area is 240 Å². The number of aryl methyl sites for hydroxylation is 2. The molecule has 2 aliphatic heterocycles. The van der Waals surface area contributed by atoms with Crippen molar-refractivity contribution < 1.29 is 9.18 Å². The number of fused-ring (bicyclic) bond motifs is 5. The molecule has 0 spiro atoms. The van der Waals surface area contributed by atoms with Gasteiger partial charge >= 0.3 is 5.69 Å². The number of carbonyl (C=O) groups excluding carboxylic acids is 1. The van der Waals surface area contributed by atoms with Crippen molar-refractivity contribution in [2.45, 2.75) is 51.5 Å². The van der Waals surface area contributed by atoms with Crippen molar-refractivity contribution in [2.24, 2.45) is 0 Å². The summed E-state index contributed by atoms with van der Waals surface area (Å²) in [5.41, 5.74) is 2.55. The molecule has 13 heteroatoms. The topological polar surface area (TPSA) is 139 Å². The number of piperazine rings is 1. The minimum Gasteiger partial charge on any atom is -0.352 e. The van der Waals surface area contributed by atoms with Gasteiger partial charge in [-0.25, -0.2) is 18.7 Å². The van der Waals surface area contributed by atoms with Gasteiger partial charge in [-0.3, -0.25) is 9.78 Å².